The summed E-state index contributed by atoms with van der Waals surface area (Å²) in [5.74, 6) is -0.300. The minimum atomic E-state index is -0.439. The molecule has 1 aliphatic rings. The summed E-state index contributed by atoms with van der Waals surface area (Å²) in [6.07, 6.45) is 0.135. The number of benzene rings is 2. The predicted molar refractivity (Wildman–Crippen MR) is 106 cm³/mol. The zero-order valence-electron chi connectivity index (χ0n) is 16.4. The van der Waals surface area contributed by atoms with E-state index in [1.807, 2.05) is 38.1 Å². The molecule has 0 saturated carbocycles. The van der Waals surface area contributed by atoms with Gasteiger partial charge in [-0.05, 0) is 49.7 Å². The predicted octanol–water partition coefficient (Wildman–Crippen LogP) is 3.80. The van der Waals surface area contributed by atoms with E-state index in [2.05, 4.69) is 0 Å². The molecule has 2 atom stereocenters. The van der Waals surface area contributed by atoms with E-state index < -0.39 is 11.7 Å². The Kier molecular flexibility index (Phi) is 5.97. The number of nitrogens with zero attached hydrogens (tertiary/aromatic N) is 2. The number of hydrogen-bond acceptors (Lipinski definition) is 3. The average molecular weight is 384 g/mol. The van der Waals surface area contributed by atoms with E-state index in [-0.39, 0.29) is 30.8 Å². The zero-order valence-corrected chi connectivity index (χ0v) is 16.4. The Balaban J connectivity index is 1.68. The van der Waals surface area contributed by atoms with Crippen LogP contribution in [0.4, 0.5) is 10.1 Å². The van der Waals surface area contributed by atoms with Crippen molar-refractivity contribution in [2.75, 3.05) is 25.1 Å². The summed E-state index contributed by atoms with van der Waals surface area (Å²) in [7, 11) is 1.75. The second-order valence-corrected chi connectivity index (χ2v) is 7.01. The third-order valence-electron chi connectivity index (χ3n) is 5.20. The third-order valence-corrected chi connectivity index (χ3v) is 5.20. The van der Waals surface area contributed by atoms with E-state index in [0.717, 1.165) is 11.3 Å². The first-order valence-corrected chi connectivity index (χ1v) is 9.46. The summed E-state index contributed by atoms with van der Waals surface area (Å²) < 4.78 is 18.9. The number of amides is 2. The Hall–Kier alpha value is -2.89. The van der Waals surface area contributed by atoms with E-state index in [1.54, 1.807) is 24.1 Å². The first-order chi connectivity index (χ1) is 13.4. The van der Waals surface area contributed by atoms with Crippen LogP contribution in [0.15, 0.2) is 48.5 Å². The van der Waals surface area contributed by atoms with E-state index in [1.165, 1.54) is 17.0 Å². The molecule has 0 aromatic heterocycles. The molecule has 28 heavy (non-hydrogen) atoms. The highest BCUT2D eigenvalue weighted by molar-refractivity contribution is 6.00. The van der Waals surface area contributed by atoms with Crippen LogP contribution in [-0.4, -0.2) is 36.9 Å². The van der Waals surface area contributed by atoms with Crippen LogP contribution in [0.3, 0.4) is 0 Å². The molecule has 0 aliphatic carbocycles. The number of ether oxygens (including phenoxy) is 1. The Morgan fingerprint density at radius 1 is 1.29 bits per heavy atom. The molecule has 1 saturated heterocycles. The summed E-state index contributed by atoms with van der Waals surface area (Å²) in [5, 5.41) is 0. The van der Waals surface area contributed by atoms with Gasteiger partial charge in [-0.3, -0.25) is 9.59 Å². The van der Waals surface area contributed by atoms with E-state index >= 15 is 0 Å². The summed E-state index contributed by atoms with van der Waals surface area (Å²) in [6.45, 7) is 4.75. The number of rotatable bonds is 6. The molecule has 1 heterocycles. The minimum absolute atomic E-state index is 0.0892. The summed E-state index contributed by atoms with van der Waals surface area (Å²) in [5.41, 5.74) is 1.48. The zero-order chi connectivity index (χ0) is 20.3. The number of carbonyl (C=O) groups is 2. The molecule has 6 heteroatoms. The van der Waals surface area contributed by atoms with Crippen LogP contribution in [0.5, 0.6) is 5.75 Å². The van der Waals surface area contributed by atoms with Crippen molar-refractivity contribution in [3.8, 4) is 5.75 Å². The van der Waals surface area contributed by atoms with Crippen molar-refractivity contribution in [3.63, 3.8) is 0 Å². The summed E-state index contributed by atoms with van der Waals surface area (Å²) in [6, 6.07) is 13.4. The average Bonchev–Trinajstić information content (AvgIpc) is 3.09. The van der Waals surface area contributed by atoms with Crippen molar-refractivity contribution in [1.29, 1.82) is 0 Å². The molecule has 2 aromatic rings. The lowest BCUT2D eigenvalue weighted by Gasteiger charge is -2.28. The van der Waals surface area contributed by atoms with Gasteiger partial charge in [-0.25, -0.2) is 4.39 Å². The molecule has 2 amide bonds. The Bertz CT molecular complexity index is 853. The van der Waals surface area contributed by atoms with Gasteiger partial charge in [0.05, 0.1) is 18.6 Å². The molecule has 1 fully saturated rings. The fourth-order valence-electron chi connectivity index (χ4n) is 3.48. The molecular weight excluding hydrogens is 359 g/mol. The molecule has 0 N–H and O–H groups in total. The maximum absolute atomic E-state index is 13.5. The van der Waals surface area contributed by atoms with Crippen molar-refractivity contribution in [1.82, 2.24) is 4.90 Å². The van der Waals surface area contributed by atoms with Gasteiger partial charge >= 0.3 is 0 Å². The van der Waals surface area contributed by atoms with Crippen molar-refractivity contribution >= 4 is 17.5 Å². The number of halogens is 1. The smallest absolute Gasteiger partial charge is 0.228 e. The second kappa shape index (κ2) is 8.42. The maximum atomic E-state index is 13.5. The highest BCUT2D eigenvalue weighted by Crippen LogP contribution is 2.29. The fourth-order valence-corrected chi connectivity index (χ4v) is 3.48. The highest BCUT2D eigenvalue weighted by Gasteiger charge is 2.37. The van der Waals surface area contributed by atoms with Crippen LogP contribution in [0.1, 0.15) is 31.9 Å². The van der Waals surface area contributed by atoms with Crippen molar-refractivity contribution in [2.24, 2.45) is 5.92 Å². The SMILES string of the molecule is CCOc1ccc([C@H](C)N(C)C(=O)[C@H]2CC(=O)N(c3cccc(F)c3)C2)cc1. The minimum Gasteiger partial charge on any atom is -0.494 e. The fraction of sp³-hybridized carbons (Fsp3) is 0.364. The molecule has 2 aromatic carbocycles. The Morgan fingerprint density at radius 2 is 2.00 bits per heavy atom. The van der Waals surface area contributed by atoms with Crippen LogP contribution in [0, 0.1) is 11.7 Å². The molecule has 3 rings (SSSR count). The largest absolute Gasteiger partial charge is 0.494 e. The molecular formula is C22H25FN2O3. The van der Waals surface area contributed by atoms with Crippen molar-refractivity contribution in [2.45, 2.75) is 26.3 Å². The summed E-state index contributed by atoms with van der Waals surface area (Å²) in [4.78, 5) is 28.5. The lowest BCUT2D eigenvalue weighted by Crippen LogP contribution is -2.36. The first kappa shape index (κ1) is 19.9. The van der Waals surface area contributed by atoms with E-state index in [9.17, 15) is 14.0 Å². The normalized spacial score (nSPS) is 17.5. The van der Waals surface area contributed by atoms with Crippen LogP contribution in [0.2, 0.25) is 0 Å². The molecule has 0 spiro atoms. The number of anilines is 1. The van der Waals surface area contributed by atoms with Gasteiger partial charge in [0.25, 0.3) is 0 Å². The van der Waals surface area contributed by atoms with Gasteiger partial charge in [-0.1, -0.05) is 18.2 Å². The van der Waals surface area contributed by atoms with Gasteiger partial charge in [-0.2, -0.15) is 0 Å². The van der Waals surface area contributed by atoms with Crippen LogP contribution in [-0.2, 0) is 9.59 Å². The standard InChI is InChI=1S/C22H25FN2O3/c1-4-28-20-10-8-16(9-11-20)15(2)24(3)22(27)17-12-21(26)25(14-17)19-7-5-6-18(23)13-19/h5-11,13,15,17H,4,12,14H2,1-3H3/t15-,17-/m0/s1. The van der Waals surface area contributed by atoms with Crippen LogP contribution in [0.25, 0.3) is 0 Å². The van der Waals surface area contributed by atoms with Crippen LogP contribution >= 0.6 is 0 Å². The van der Waals surface area contributed by atoms with E-state index in [0.29, 0.717) is 12.3 Å². The molecule has 5 nitrogen and oxygen atoms in total. The summed E-state index contributed by atoms with van der Waals surface area (Å²) >= 11 is 0. The maximum Gasteiger partial charge on any atom is 0.228 e. The number of carbonyl (C=O) groups excluding carboxylic acids is 2. The van der Waals surface area contributed by atoms with Crippen molar-refractivity contribution in [3.05, 3.63) is 59.9 Å². The van der Waals surface area contributed by atoms with Crippen molar-refractivity contribution < 1.29 is 18.7 Å². The van der Waals surface area contributed by atoms with Gasteiger partial charge in [-0.15, -0.1) is 0 Å². The first-order valence-electron chi connectivity index (χ1n) is 9.46. The van der Waals surface area contributed by atoms with Gasteiger partial charge in [0, 0.05) is 25.7 Å². The van der Waals surface area contributed by atoms with Gasteiger partial charge in [0.1, 0.15) is 11.6 Å². The quantitative estimate of drug-likeness (QED) is 0.761. The van der Waals surface area contributed by atoms with E-state index in [4.69, 9.17) is 4.74 Å². The molecule has 0 bridgehead atoms. The molecule has 0 unspecified atom stereocenters. The monoisotopic (exact) mass is 384 g/mol. The van der Waals surface area contributed by atoms with Gasteiger partial charge < -0.3 is 14.5 Å². The highest BCUT2D eigenvalue weighted by atomic mass is 19.1. The topological polar surface area (TPSA) is 49.9 Å². The van der Waals surface area contributed by atoms with Gasteiger partial charge in [0.2, 0.25) is 11.8 Å². The Labute approximate surface area is 164 Å². The molecule has 0 radical (unpaired) electrons. The lowest BCUT2D eigenvalue weighted by molar-refractivity contribution is -0.136. The number of hydrogen-bond donors (Lipinski definition) is 0. The lowest BCUT2D eigenvalue weighted by atomic mass is 10.0. The third kappa shape index (κ3) is 4.16. The van der Waals surface area contributed by atoms with Crippen LogP contribution < -0.4 is 9.64 Å². The molecule has 148 valence electrons. The molecule has 1 aliphatic heterocycles. The second-order valence-electron chi connectivity index (χ2n) is 7.01. The Morgan fingerprint density at radius 3 is 2.64 bits per heavy atom. The van der Waals surface area contributed by atoms with Gasteiger partial charge in [0.15, 0.2) is 0 Å².